The van der Waals surface area contributed by atoms with E-state index < -0.39 is 0 Å². The minimum Gasteiger partial charge on any atom is -0.381 e. The molecule has 0 fully saturated rings. The SMILES string of the molecule is CCCCCC(CCCCC)Nc1cc(Cl)ccc1Cl. The fourth-order valence-corrected chi connectivity index (χ4v) is 2.74. The summed E-state index contributed by atoms with van der Waals surface area (Å²) in [5.74, 6) is 0. The van der Waals surface area contributed by atoms with Crippen molar-refractivity contribution in [2.24, 2.45) is 0 Å². The molecule has 1 aromatic carbocycles. The third-order valence-corrected chi connectivity index (χ3v) is 4.16. The van der Waals surface area contributed by atoms with Gasteiger partial charge in [-0.05, 0) is 31.0 Å². The number of hydrogen-bond acceptors (Lipinski definition) is 1. The van der Waals surface area contributed by atoms with Gasteiger partial charge in [0, 0.05) is 11.1 Å². The lowest BCUT2D eigenvalue weighted by Crippen LogP contribution is -2.19. The van der Waals surface area contributed by atoms with Gasteiger partial charge in [-0.3, -0.25) is 0 Å². The van der Waals surface area contributed by atoms with Gasteiger partial charge in [-0.2, -0.15) is 0 Å². The number of nitrogens with one attached hydrogen (secondary N) is 1. The highest BCUT2D eigenvalue weighted by molar-refractivity contribution is 6.35. The van der Waals surface area contributed by atoms with Crippen molar-refractivity contribution in [2.75, 3.05) is 5.32 Å². The van der Waals surface area contributed by atoms with Crippen molar-refractivity contribution >= 4 is 28.9 Å². The molecule has 114 valence electrons. The van der Waals surface area contributed by atoms with Crippen LogP contribution in [0.1, 0.15) is 65.2 Å². The Morgan fingerprint density at radius 3 is 2.10 bits per heavy atom. The van der Waals surface area contributed by atoms with Crippen molar-refractivity contribution in [2.45, 2.75) is 71.3 Å². The fourth-order valence-electron chi connectivity index (χ4n) is 2.40. The molecule has 0 bridgehead atoms. The van der Waals surface area contributed by atoms with Gasteiger partial charge in [0.1, 0.15) is 0 Å². The van der Waals surface area contributed by atoms with E-state index in [-0.39, 0.29) is 0 Å². The fraction of sp³-hybridized carbons (Fsp3) is 0.647. The van der Waals surface area contributed by atoms with Crippen molar-refractivity contribution in [3.8, 4) is 0 Å². The van der Waals surface area contributed by atoms with E-state index >= 15 is 0 Å². The van der Waals surface area contributed by atoms with E-state index in [2.05, 4.69) is 19.2 Å². The van der Waals surface area contributed by atoms with E-state index in [1.54, 1.807) is 0 Å². The highest BCUT2D eigenvalue weighted by Gasteiger charge is 2.10. The lowest BCUT2D eigenvalue weighted by atomic mass is 10.0. The van der Waals surface area contributed by atoms with Gasteiger partial charge in [0.2, 0.25) is 0 Å². The summed E-state index contributed by atoms with van der Waals surface area (Å²) >= 11 is 12.3. The lowest BCUT2D eigenvalue weighted by molar-refractivity contribution is 0.526. The van der Waals surface area contributed by atoms with Crippen LogP contribution in [0.2, 0.25) is 10.0 Å². The molecule has 0 saturated heterocycles. The summed E-state index contributed by atoms with van der Waals surface area (Å²) in [7, 11) is 0. The second-order valence-electron chi connectivity index (χ2n) is 5.46. The molecule has 0 spiro atoms. The van der Waals surface area contributed by atoms with Gasteiger partial charge < -0.3 is 5.32 Å². The summed E-state index contributed by atoms with van der Waals surface area (Å²) in [4.78, 5) is 0. The number of benzene rings is 1. The van der Waals surface area contributed by atoms with E-state index in [0.717, 1.165) is 15.7 Å². The minimum atomic E-state index is 0.504. The van der Waals surface area contributed by atoms with Gasteiger partial charge in [-0.25, -0.2) is 0 Å². The molecule has 0 saturated carbocycles. The maximum Gasteiger partial charge on any atom is 0.0638 e. The Morgan fingerprint density at radius 2 is 1.55 bits per heavy atom. The molecule has 3 heteroatoms. The van der Waals surface area contributed by atoms with Gasteiger partial charge in [0.25, 0.3) is 0 Å². The Labute approximate surface area is 134 Å². The molecule has 0 aromatic heterocycles. The van der Waals surface area contributed by atoms with E-state index in [9.17, 15) is 0 Å². The van der Waals surface area contributed by atoms with Crippen LogP contribution in [0.4, 0.5) is 5.69 Å². The molecule has 1 rings (SSSR count). The van der Waals surface area contributed by atoms with Gasteiger partial charge >= 0.3 is 0 Å². The zero-order valence-electron chi connectivity index (χ0n) is 12.7. The normalized spacial score (nSPS) is 11.1. The predicted molar refractivity (Wildman–Crippen MR) is 92.2 cm³/mol. The minimum absolute atomic E-state index is 0.504. The van der Waals surface area contributed by atoms with Gasteiger partial charge in [0.15, 0.2) is 0 Å². The van der Waals surface area contributed by atoms with Crippen LogP contribution >= 0.6 is 23.2 Å². The van der Waals surface area contributed by atoms with Crippen LogP contribution < -0.4 is 5.32 Å². The zero-order valence-corrected chi connectivity index (χ0v) is 14.2. The maximum absolute atomic E-state index is 6.24. The first-order valence-corrected chi connectivity index (χ1v) is 8.64. The van der Waals surface area contributed by atoms with Crippen molar-refractivity contribution in [1.29, 1.82) is 0 Å². The molecule has 0 atom stereocenters. The summed E-state index contributed by atoms with van der Waals surface area (Å²) in [5.41, 5.74) is 0.970. The highest BCUT2D eigenvalue weighted by atomic mass is 35.5. The molecule has 1 aromatic rings. The van der Waals surface area contributed by atoms with Gasteiger partial charge in [0.05, 0.1) is 10.7 Å². The highest BCUT2D eigenvalue weighted by Crippen LogP contribution is 2.27. The average Bonchev–Trinajstić information content (AvgIpc) is 2.43. The largest absolute Gasteiger partial charge is 0.381 e. The molecule has 0 radical (unpaired) electrons. The van der Waals surface area contributed by atoms with Crippen LogP contribution in [0, 0.1) is 0 Å². The number of hydrogen-bond donors (Lipinski definition) is 1. The van der Waals surface area contributed by atoms with E-state index in [0.29, 0.717) is 6.04 Å². The van der Waals surface area contributed by atoms with Crippen LogP contribution in [0.5, 0.6) is 0 Å². The number of anilines is 1. The number of unbranched alkanes of at least 4 members (excludes halogenated alkanes) is 4. The van der Waals surface area contributed by atoms with Crippen LogP contribution in [0.15, 0.2) is 18.2 Å². The Morgan fingerprint density at radius 1 is 0.950 bits per heavy atom. The summed E-state index contributed by atoms with van der Waals surface area (Å²) in [6.45, 7) is 4.49. The molecule has 1 N–H and O–H groups in total. The van der Waals surface area contributed by atoms with Crippen LogP contribution in [-0.2, 0) is 0 Å². The monoisotopic (exact) mass is 315 g/mol. The second-order valence-corrected chi connectivity index (χ2v) is 6.30. The topological polar surface area (TPSA) is 12.0 Å². The summed E-state index contributed by atoms with van der Waals surface area (Å²) in [6.07, 6.45) is 10.1. The smallest absolute Gasteiger partial charge is 0.0638 e. The van der Waals surface area contributed by atoms with Crippen LogP contribution in [-0.4, -0.2) is 6.04 Å². The number of rotatable bonds is 10. The summed E-state index contributed by atoms with van der Waals surface area (Å²) in [6, 6.07) is 6.12. The lowest BCUT2D eigenvalue weighted by Gasteiger charge is -2.21. The standard InChI is InChI=1S/C17H27Cl2N/c1-3-5-7-9-15(10-8-6-4-2)20-17-13-14(18)11-12-16(17)19/h11-13,15,20H,3-10H2,1-2H3. The predicted octanol–water partition coefficient (Wildman–Crippen LogP) is 6.93. The third-order valence-electron chi connectivity index (χ3n) is 3.60. The number of halogens is 2. The molecule has 0 amide bonds. The Balaban J connectivity index is 2.58. The quantitative estimate of drug-likeness (QED) is 0.461. The maximum atomic E-state index is 6.24. The first kappa shape index (κ1) is 17.7. The van der Waals surface area contributed by atoms with E-state index in [1.807, 2.05) is 18.2 Å². The third kappa shape index (κ3) is 6.85. The van der Waals surface area contributed by atoms with Gasteiger partial charge in [-0.1, -0.05) is 75.6 Å². The second kappa shape index (κ2) is 10.3. The first-order valence-electron chi connectivity index (χ1n) is 7.89. The molecule has 0 aliphatic rings. The molecule has 0 unspecified atom stereocenters. The van der Waals surface area contributed by atoms with Crippen molar-refractivity contribution in [3.05, 3.63) is 28.2 Å². The van der Waals surface area contributed by atoms with Crippen LogP contribution in [0.3, 0.4) is 0 Å². The Hall–Kier alpha value is -0.400. The Kier molecular flexibility index (Phi) is 9.13. The summed E-state index contributed by atoms with van der Waals surface area (Å²) in [5, 5.41) is 5.08. The molecule has 20 heavy (non-hydrogen) atoms. The molecular weight excluding hydrogens is 289 g/mol. The molecule has 1 nitrogen and oxygen atoms in total. The zero-order chi connectivity index (χ0) is 14.8. The molecule has 0 aliphatic heterocycles. The molecule has 0 aliphatic carbocycles. The summed E-state index contributed by atoms with van der Waals surface area (Å²) < 4.78 is 0. The van der Waals surface area contributed by atoms with Crippen molar-refractivity contribution in [1.82, 2.24) is 0 Å². The van der Waals surface area contributed by atoms with Crippen molar-refractivity contribution in [3.63, 3.8) is 0 Å². The first-order chi connectivity index (χ1) is 9.67. The van der Waals surface area contributed by atoms with Crippen molar-refractivity contribution < 1.29 is 0 Å². The van der Waals surface area contributed by atoms with E-state index in [4.69, 9.17) is 23.2 Å². The molecular formula is C17H27Cl2N. The Bertz CT molecular complexity index is 369. The van der Waals surface area contributed by atoms with Crippen LogP contribution in [0.25, 0.3) is 0 Å². The average molecular weight is 316 g/mol. The van der Waals surface area contributed by atoms with E-state index in [1.165, 1.54) is 51.4 Å². The van der Waals surface area contributed by atoms with Gasteiger partial charge in [-0.15, -0.1) is 0 Å². The molecule has 0 heterocycles.